The zero-order valence-electron chi connectivity index (χ0n) is 8.87. The first kappa shape index (κ1) is 9.37. The summed E-state index contributed by atoms with van der Waals surface area (Å²) in [5.41, 5.74) is 1.91. The Morgan fingerprint density at radius 3 is 2.53 bits per heavy atom. The molecule has 0 atom stereocenters. The van der Waals surface area contributed by atoms with Crippen LogP contribution in [-0.4, -0.2) is 24.8 Å². The number of hydrogen-bond donors (Lipinski definition) is 2. The Balaban J connectivity index is 1.89. The Bertz CT molecular complexity index is 354. The van der Waals surface area contributed by atoms with Crippen LogP contribution in [0, 0.1) is 5.41 Å². The maximum absolute atomic E-state index is 9.41. The third-order valence-electron chi connectivity index (χ3n) is 4.11. The molecule has 2 bridgehead atoms. The van der Waals surface area contributed by atoms with Crippen LogP contribution in [0.25, 0.3) is 0 Å². The van der Waals surface area contributed by atoms with E-state index in [1.807, 2.05) is 0 Å². The van der Waals surface area contributed by atoms with Gasteiger partial charge in [0.15, 0.2) is 0 Å². The van der Waals surface area contributed by atoms with Crippen molar-refractivity contribution in [3.8, 4) is 0 Å². The number of fused-ring (bicyclic) bond motifs is 2. The summed E-state index contributed by atoms with van der Waals surface area (Å²) >= 11 is 0. The second-order valence-electron chi connectivity index (χ2n) is 5.26. The van der Waals surface area contributed by atoms with E-state index < -0.39 is 0 Å². The number of aliphatic hydroxyl groups is 1. The topological polar surface area (TPSA) is 32.3 Å². The molecule has 1 aliphatic carbocycles. The third kappa shape index (κ3) is 1.25. The fourth-order valence-corrected chi connectivity index (χ4v) is 3.47. The lowest BCUT2D eigenvalue weighted by molar-refractivity contribution is -0.0582. The van der Waals surface area contributed by atoms with Gasteiger partial charge in [-0.3, -0.25) is 0 Å². The van der Waals surface area contributed by atoms with Crippen molar-refractivity contribution in [1.29, 1.82) is 0 Å². The van der Waals surface area contributed by atoms with Crippen LogP contribution < -0.4 is 5.32 Å². The standard InChI is InChI=1S/C13H17NO/c15-10-12-6-13(7-12,9-14-8-12)11-4-2-1-3-5-11/h1-5,14-15H,6-10H2. The molecule has 1 aromatic rings. The smallest absolute Gasteiger partial charge is 0.0500 e. The summed E-state index contributed by atoms with van der Waals surface area (Å²) in [7, 11) is 0. The number of aliphatic hydroxyl groups excluding tert-OH is 1. The van der Waals surface area contributed by atoms with Crippen LogP contribution in [0.15, 0.2) is 30.3 Å². The molecule has 2 heteroatoms. The molecule has 2 N–H and O–H groups in total. The van der Waals surface area contributed by atoms with Crippen molar-refractivity contribution >= 4 is 0 Å². The highest BCUT2D eigenvalue weighted by Gasteiger charge is 2.57. The second kappa shape index (κ2) is 3.06. The molecule has 2 aliphatic heterocycles. The van der Waals surface area contributed by atoms with Crippen molar-refractivity contribution in [2.45, 2.75) is 18.3 Å². The van der Waals surface area contributed by atoms with Gasteiger partial charge in [-0.05, 0) is 18.4 Å². The van der Waals surface area contributed by atoms with E-state index in [-0.39, 0.29) is 5.41 Å². The molecule has 0 amide bonds. The molecular weight excluding hydrogens is 186 g/mol. The zero-order valence-corrected chi connectivity index (χ0v) is 8.87. The van der Waals surface area contributed by atoms with E-state index in [1.165, 1.54) is 5.56 Å². The Morgan fingerprint density at radius 2 is 1.87 bits per heavy atom. The largest absolute Gasteiger partial charge is 0.396 e. The maximum atomic E-state index is 9.41. The molecule has 4 rings (SSSR count). The van der Waals surface area contributed by atoms with Crippen LogP contribution in [-0.2, 0) is 5.41 Å². The normalized spacial score (nSPS) is 38.5. The minimum absolute atomic E-state index is 0.175. The second-order valence-corrected chi connectivity index (χ2v) is 5.26. The summed E-state index contributed by atoms with van der Waals surface area (Å²) in [6.07, 6.45) is 2.29. The Labute approximate surface area is 90.3 Å². The summed E-state index contributed by atoms with van der Waals surface area (Å²) in [5.74, 6) is 0. The molecule has 15 heavy (non-hydrogen) atoms. The van der Waals surface area contributed by atoms with Crippen LogP contribution in [0.4, 0.5) is 0 Å². The molecule has 0 spiro atoms. The lowest BCUT2D eigenvalue weighted by Gasteiger charge is -2.60. The van der Waals surface area contributed by atoms with Gasteiger partial charge in [0.25, 0.3) is 0 Å². The molecule has 3 fully saturated rings. The van der Waals surface area contributed by atoms with Crippen LogP contribution >= 0.6 is 0 Å². The molecule has 0 radical (unpaired) electrons. The lowest BCUT2D eigenvalue weighted by atomic mass is 9.48. The van der Waals surface area contributed by atoms with Crippen molar-refractivity contribution in [2.24, 2.45) is 5.41 Å². The van der Waals surface area contributed by atoms with Gasteiger partial charge in [-0.15, -0.1) is 0 Å². The zero-order chi connectivity index (χ0) is 10.4. The van der Waals surface area contributed by atoms with Crippen molar-refractivity contribution in [3.63, 3.8) is 0 Å². The van der Waals surface area contributed by atoms with Gasteiger partial charge in [-0.25, -0.2) is 0 Å². The summed E-state index contributed by atoms with van der Waals surface area (Å²) in [4.78, 5) is 0. The molecule has 2 heterocycles. The predicted molar refractivity (Wildman–Crippen MR) is 59.7 cm³/mol. The number of rotatable bonds is 2. The van der Waals surface area contributed by atoms with Crippen LogP contribution in [0.2, 0.25) is 0 Å². The summed E-state index contributed by atoms with van der Waals surface area (Å²) < 4.78 is 0. The highest BCUT2D eigenvalue weighted by molar-refractivity contribution is 5.33. The van der Waals surface area contributed by atoms with Crippen molar-refractivity contribution in [2.75, 3.05) is 19.7 Å². The first-order chi connectivity index (χ1) is 7.29. The van der Waals surface area contributed by atoms with Gasteiger partial charge in [0.2, 0.25) is 0 Å². The fraction of sp³-hybridized carbons (Fsp3) is 0.538. The quantitative estimate of drug-likeness (QED) is 0.759. The Kier molecular flexibility index (Phi) is 1.91. The first-order valence-corrected chi connectivity index (χ1v) is 5.66. The SMILES string of the molecule is OCC12CNCC(c3ccccc3)(C1)C2. The first-order valence-electron chi connectivity index (χ1n) is 5.66. The minimum atomic E-state index is 0.175. The van der Waals surface area contributed by atoms with E-state index in [4.69, 9.17) is 0 Å². The van der Waals surface area contributed by atoms with E-state index in [9.17, 15) is 5.11 Å². The van der Waals surface area contributed by atoms with Crippen molar-refractivity contribution in [3.05, 3.63) is 35.9 Å². The fourth-order valence-electron chi connectivity index (χ4n) is 3.47. The molecule has 3 aliphatic rings. The van der Waals surface area contributed by atoms with Crippen LogP contribution in [0.5, 0.6) is 0 Å². The van der Waals surface area contributed by atoms with Gasteiger partial charge in [0.1, 0.15) is 0 Å². The van der Waals surface area contributed by atoms with Gasteiger partial charge >= 0.3 is 0 Å². The molecule has 1 aromatic carbocycles. The number of benzene rings is 1. The molecule has 2 saturated heterocycles. The van der Waals surface area contributed by atoms with Gasteiger partial charge in [-0.2, -0.15) is 0 Å². The summed E-state index contributed by atoms with van der Waals surface area (Å²) in [6, 6.07) is 10.7. The molecular formula is C13H17NO. The van der Waals surface area contributed by atoms with Gasteiger partial charge < -0.3 is 10.4 Å². The predicted octanol–water partition coefficient (Wildman–Crippen LogP) is 1.30. The molecule has 1 saturated carbocycles. The van der Waals surface area contributed by atoms with Crippen LogP contribution in [0.3, 0.4) is 0 Å². The number of nitrogens with one attached hydrogen (secondary N) is 1. The van der Waals surface area contributed by atoms with Crippen molar-refractivity contribution < 1.29 is 5.11 Å². The number of hydrogen-bond acceptors (Lipinski definition) is 2. The van der Waals surface area contributed by atoms with Crippen molar-refractivity contribution in [1.82, 2.24) is 5.32 Å². The Morgan fingerprint density at radius 1 is 1.13 bits per heavy atom. The van der Waals surface area contributed by atoms with Gasteiger partial charge in [0.05, 0.1) is 0 Å². The van der Waals surface area contributed by atoms with E-state index in [1.54, 1.807) is 0 Å². The number of piperidine rings is 2. The van der Waals surface area contributed by atoms with E-state index >= 15 is 0 Å². The van der Waals surface area contributed by atoms with E-state index in [0.717, 1.165) is 25.9 Å². The minimum Gasteiger partial charge on any atom is -0.396 e. The highest BCUT2D eigenvalue weighted by Crippen LogP contribution is 2.57. The third-order valence-corrected chi connectivity index (χ3v) is 4.11. The average molecular weight is 203 g/mol. The monoisotopic (exact) mass is 203 g/mol. The van der Waals surface area contributed by atoms with Gasteiger partial charge in [-0.1, -0.05) is 30.3 Å². The Hall–Kier alpha value is -0.860. The van der Waals surface area contributed by atoms with E-state index in [2.05, 4.69) is 35.6 Å². The average Bonchev–Trinajstić information content (AvgIpc) is 2.29. The maximum Gasteiger partial charge on any atom is 0.0500 e. The van der Waals surface area contributed by atoms with Gasteiger partial charge in [0, 0.05) is 30.5 Å². The molecule has 2 nitrogen and oxygen atoms in total. The summed E-state index contributed by atoms with van der Waals surface area (Å²) in [5, 5.41) is 12.9. The molecule has 0 unspecified atom stereocenters. The molecule has 0 aromatic heterocycles. The van der Waals surface area contributed by atoms with Crippen LogP contribution in [0.1, 0.15) is 18.4 Å². The molecule has 80 valence electrons. The summed E-state index contributed by atoms with van der Waals surface area (Å²) in [6.45, 7) is 2.38. The lowest BCUT2D eigenvalue weighted by Crippen LogP contribution is -2.65. The van der Waals surface area contributed by atoms with E-state index in [0.29, 0.717) is 12.0 Å². The highest BCUT2D eigenvalue weighted by atomic mass is 16.3.